The molecule has 1 aromatic carbocycles. The summed E-state index contributed by atoms with van der Waals surface area (Å²) >= 11 is 5.92. The Morgan fingerprint density at radius 3 is 2.52 bits per heavy atom. The lowest BCUT2D eigenvalue weighted by Gasteiger charge is -2.34. The molecule has 25 heavy (non-hydrogen) atoms. The van der Waals surface area contributed by atoms with E-state index in [1.165, 1.54) is 5.56 Å². The number of nitrogens with zero attached hydrogens (tertiary/aromatic N) is 3. The summed E-state index contributed by atoms with van der Waals surface area (Å²) in [6.45, 7) is 7.47. The number of aryl methyl sites for hydroxylation is 1. The number of carbonyl (C=O) groups excluding carboxylic acids is 1. The standard InChI is InChI=1S/C18H23ClN4O2/c1-14-12-17(21-25-14)20-18(24)6-7-22-8-10-23(11-9-22)13-15-2-4-16(19)5-3-15/h2-5,12H,6-11,13H2,1H3,(H,20,21,24). The first-order valence-corrected chi connectivity index (χ1v) is 8.88. The van der Waals surface area contributed by atoms with Gasteiger partial charge in [-0.3, -0.25) is 9.69 Å². The van der Waals surface area contributed by atoms with Gasteiger partial charge in [-0.05, 0) is 24.6 Å². The van der Waals surface area contributed by atoms with Gasteiger partial charge >= 0.3 is 0 Å². The normalized spacial score (nSPS) is 16.1. The molecule has 2 heterocycles. The molecule has 7 heteroatoms. The van der Waals surface area contributed by atoms with Crippen molar-refractivity contribution >= 4 is 23.3 Å². The van der Waals surface area contributed by atoms with E-state index in [1.54, 1.807) is 13.0 Å². The number of piperazine rings is 1. The van der Waals surface area contributed by atoms with Crippen LogP contribution in [0.5, 0.6) is 0 Å². The minimum Gasteiger partial charge on any atom is -0.360 e. The van der Waals surface area contributed by atoms with Gasteiger partial charge in [-0.25, -0.2) is 0 Å². The molecule has 1 aromatic heterocycles. The summed E-state index contributed by atoms with van der Waals surface area (Å²) < 4.78 is 4.94. The molecule has 1 amide bonds. The highest BCUT2D eigenvalue weighted by Gasteiger charge is 2.18. The topological polar surface area (TPSA) is 61.6 Å². The number of anilines is 1. The Bertz CT molecular complexity index is 693. The van der Waals surface area contributed by atoms with Crippen LogP contribution in [0.1, 0.15) is 17.7 Å². The Balaban J connectivity index is 1.36. The molecule has 0 spiro atoms. The van der Waals surface area contributed by atoms with E-state index in [9.17, 15) is 4.79 Å². The quantitative estimate of drug-likeness (QED) is 0.856. The van der Waals surface area contributed by atoms with Crippen molar-refractivity contribution in [3.63, 3.8) is 0 Å². The third-order valence-corrected chi connectivity index (χ3v) is 4.59. The molecule has 1 aliphatic rings. The minimum absolute atomic E-state index is 0.0307. The Morgan fingerprint density at radius 2 is 1.88 bits per heavy atom. The fourth-order valence-corrected chi connectivity index (χ4v) is 3.04. The van der Waals surface area contributed by atoms with E-state index < -0.39 is 0 Å². The third-order valence-electron chi connectivity index (χ3n) is 4.33. The molecule has 2 aromatic rings. The molecule has 0 bridgehead atoms. The van der Waals surface area contributed by atoms with Crippen LogP contribution in [0.25, 0.3) is 0 Å². The van der Waals surface area contributed by atoms with E-state index in [2.05, 4.69) is 32.4 Å². The summed E-state index contributed by atoms with van der Waals surface area (Å²) in [6, 6.07) is 9.73. The Labute approximate surface area is 152 Å². The van der Waals surface area contributed by atoms with Crippen LogP contribution in [0.15, 0.2) is 34.9 Å². The summed E-state index contributed by atoms with van der Waals surface area (Å²) in [4.78, 5) is 16.7. The minimum atomic E-state index is -0.0307. The van der Waals surface area contributed by atoms with Crippen molar-refractivity contribution < 1.29 is 9.32 Å². The van der Waals surface area contributed by atoms with Crippen molar-refractivity contribution in [2.45, 2.75) is 19.9 Å². The van der Waals surface area contributed by atoms with Crippen molar-refractivity contribution in [3.05, 3.63) is 46.7 Å². The first-order valence-electron chi connectivity index (χ1n) is 8.51. The highest BCUT2D eigenvalue weighted by Crippen LogP contribution is 2.13. The first-order chi connectivity index (χ1) is 12.1. The third kappa shape index (κ3) is 5.56. The Kier molecular flexibility index (Phi) is 6.07. The maximum atomic E-state index is 12.0. The lowest BCUT2D eigenvalue weighted by Crippen LogP contribution is -2.46. The zero-order chi connectivity index (χ0) is 17.6. The summed E-state index contributed by atoms with van der Waals surface area (Å²) in [5.41, 5.74) is 1.28. The van der Waals surface area contributed by atoms with Gasteiger partial charge in [-0.1, -0.05) is 28.9 Å². The van der Waals surface area contributed by atoms with Crippen LogP contribution >= 0.6 is 11.6 Å². The monoisotopic (exact) mass is 362 g/mol. The average molecular weight is 363 g/mol. The SMILES string of the molecule is Cc1cc(NC(=O)CCN2CCN(Cc3ccc(Cl)cc3)CC2)no1. The first kappa shape index (κ1) is 17.9. The van der Waals surface area contributed by atoms with E-state index in [0.29, 0.717) is 18.0 Å². The van der Waals surface area contributed by atoms with Crippen LogP contribution in [0, 0.1) is 6.92 Å². The van der Waals surface area contributed by atoms with Crippen molar-refractivity contribution in [3.8, 4) is 0 Å². The van der Waals surface area contributed by atoms with Crippen LogP contribution < -0.4 is 5.32 Å². The molecule has 0 radical (unpaired) electrons. The smallest absolute Gasteiger partial charge is 0.226 e. The zero-order valence-corrected chi connectivity index (χ0v) is 15.1. The van der Waals surface area contributed by atoms with Crippen molar-refractivity contribution in [1.82, 2.24) is 15.0 Å². The molecule has 1 fully saturated rings. The maximum Gasteiger partial charge on any atom is 0.226 e. The van der Waals surface area contributed by atoms with E-state index in [1.807, 2.05) is 12.1 Å². The van der Waals surface area contributed by atoms with Crippen LogP contribution in [0.3, 0.4) is 0 Å². The van der Waals surface area contributed by atoms with Gasteiger partial charge < -0.3 is 14.7 Å². The molecular formula is C18H23ClN4O2. The summed E-state index contributed by atoms with van der Waals surface area (Å²) in [5, 5.41) is 7.30. The number of benzene rings is 1. The second-order valence-corrected chi connectivity index (χ2v) is 6.80. The summed E-state index contributed by atoms with van der Waals surface area (Å²) in [5.74, 6) is 1.14. The van der Waals surface area contributed by atoms with Crippen molar-refractivity contribution in [2.24, 2.45) is 0 Å². The predicted molar refractivity (Wildman–Crippen MR) is 97.7 cm³/mol. The molecule has 0 saturated carbocycles. The van der Waals surface area contributed by atoms with Gasteiger partial charge in [-0.15, -0.1) is 0 Å². The van der Waals surface area contributed by atoms with Gasteiger partial charge in [-0.2, -0.15) is 0 Å². The summed E-state index contributed by atoms with van der Waals surface area (Å²) in [6.07, 6.45) is 0.461. The van der Waals surface area contributed by atoms with Gasteiger partial charge in [0.05, 0.1) is 0 Å². The lowest BCUT2D eigenvalue weighted by atomic mass is 10.2. The van der Waals surface area contributed by atoms with Gasteiger partial charge in [0.15, 0.2) is 5.82 Å². The number of hydrogen-bond donors (Lipinski definition) is 1. The number of halogens is 1. The zero-order valence-electron chi connectivity index (χ0n) is 14.4. The largest absolute Gasteiger partial charge is 0.360 e. The van der Waals surface area contributed by atoms with E-state index in [0.717, 1.165) is 44.3 Å². The number of nitrogens with one attached hydrogen (secondary N) is 1. The number of hydrogen-bond acceptors (Lipinski definition) is 5. The molecular weight excluding hydrogens is 340 g/mol. The fraction of sp³-hybridized carbons (Fsp3) is 0.444. The highest BCUT2D eigenvalue weighted by atomic mass is 35.5. The number of rotatable bonds is 6. The number of carbonyl (C=O) groups is 1. The van der Waals surface area contributed by atoms with Crippen molar-refractivity contribution in [2.75, 3.05) is 38.0 Å². The molecule has 0 aliphatic carbocycles. The van der Waals surface area contributed by atoms with Gasteiger partial charge in [0.2, 0.25) is 5.91 Å². The van der Waals surface area contributed by atoms with E-state index in [4.69, 9.17) is 16.1 Å². The number of amides is 1. The number of aromatic nitrogens is 1. The highest BCUT2D eigenvalue weighted by molar-refractivity contribution is 6.30. The second kappa shape index (κ2) is 8.47. The second-order valence-electron chi connectivity index (χ2n) is 6.37. The molecule has 0 atom stereocenters. The van der Waals surface area contributed by atoms with Crippen LogP contribution in [0.4, 0.5) is 5.82 Å². The molecule has 134 valence electrons. The average Bonchev–Trinajstić information content (AvgIpc) is 3.01. The van der Waals surface area contributed by atoms with E-state index >= 15 is 0 Å². The molecule has 1 N–H and O–H groups in total. The summed E-state index contributed by atoms with van der Waals surface area (Å²) in [7, 11) is 0. The van der Waals surface area contributed by atoms with Gasteiger partial charge in [0.1, 0.15) is 5.76 Å². The molecule has 1 saturated heterocycles. The van der Waals surface area contributed by atoms with Gasteiger partial charge in [0, 0.05) is 56.8 Å². The van der Waals surface area contributed by atoms with E-state index in [-0.39, 0.29) is 5.91 Å². The van der Waals surface area contributed by atoms with Crippen LogP contribution in [0.2, 0.25) is 5.02 Å². The lowest BCUT2D eigenvalue weighted by molar-refractivity contribution is -0.116. The molecule has 6 nitrogen and oxygen atoms in total. The van der Waals surface area contributed by atoms with Crippen LogP contribution in [-0.4, -0.2) is 53.6 Å². The van der Waals surface area contributed by atoms with Crippen LogP contribution in [-0.2, 0) is 11.3 Å². The maximum absolute atomic E-state index is 12.0. The van der Waals surface area contributed by atoms with Gasteiger partial charge in [0.25, 0.3) is 0 Å². The molecule has 0 unspecified atom stereocenters. The van der Waals surface area contributed by atoms with Crippen molar-refractivity contribution in [1.29, 1.82) is 0 Å². The predicted octanol–water partition coefficient (Wildman–Crippen LogP) is 2.78. The Morgan fingerprint density at radius 1 is 1.20 bits per heavy atom. The molecule has 3 rings (SSSR count). The Hall–Kier alpha value is -1.89. The fourth-order valence-electron chi connectivity index (χ4n) is 2.91. The molecule has 1 aliphatic heterocycles.